The van der Waals surface area contributed by atoms with E-state index in [0.717, 1.165) is 27.8 Å². The first kappa shape index (κ1) is 11.5. The Kier molecular flexibility index (Phi) is 3.19. The number of ether oxygens (including phenoxy) is 1. The van der Waals surface area contributed by atoms with E-state index < -0.39 is 0 Å². The van der Waals surface area contributed by atoms with E-state index in [1.54, 1.807) is 7.11 Å². The number of nitrogens with zero attached hydrogens (tertiary/aromatic N) is 2. The van der Waals surface area contributed by atoms with Crippen molar-refractivity contribution in [2.24, 2.45) is 5.92 Å². The molecule has 2 aromatic rings. The Morgan fingerprint density at radius 2 is 2.19 bits per heavy atom. The van der Waals surface area contributed by atoms with Gasteiger partial charge in [0, 0.05) is 18.0 Å². The third-order valence-electron chi connectivity index (χ3n) is 2.45. The van der Waals surface area contributed by atoms with Crippen LogP contribution in [0.2, 0.25) is 0 Å². The van der Waals surface area contributed by atoms with E-state index in [0.29, 0.717) is 5.92 Å². The number of hydrogen-bond acceptors (Lipinski definition) is 2. The standard InChI is InChI=1S/C12H15BrN2O/c1-8(2)7-15-11-6-9(16-3)4-5-10(11)12(13)14-15/h4-6,8H,7H2,1-3H3. The summed E-state index contributed by atoms with van der Waals surface area (Å²) in [7, 11) is 1.68. The van der Waals surface area contributed by atoms with Gasteiger partial charge in [-0.05, 0) is 34.0 Å². The van der Waals surface area contributed by atoms with Gasteiger partial charge in [0.15, 0.2) is 0 Å². The van der Waals surface area contributed by atoms with Crippen molar-refractivity contribution in [2.75, 3.05) is 7.11 Å². The molecule has 0 unspecified atom stereocenters. The van der Waals surface area contributed by atoms with Gasteiger partial charge in [0.25, 0.3) is 0 Å². The largest absolute Gasteiger partial charge is 0.497 e. The van der Waals surface area contributed by atoms with Crippen molar-refractivity contribution in [1.29, 1.82) is 0 Å². The molecule has 0 fully saturated rings. The zero-order valence-electron chi connectivity index (χ0n) is 9.70. The summed E-state index contributed by atoms with van der Waals surface area (Å²) in [4.78, 5) is 0. The highest BCUT2D eigenvalue weighted by Gasteiger charge is 2.10. The van der Waals surface area contributed by atoms with Crippen LogP contribution < -0.4 is 4.74 Å². The number of rotatable bonds is 3. The first-order valence-electron chi connectivity index (χ1n) is 5.32. The third kappa shape index (κ3) is 2.07. The van der Waals surface area contributed by atoms with E-state index in [4.69, 9.17) is 4.74 Å². The van der Waals surface area contributed by atoms with Crippen molar-refractivity contribution < 1.29 is 4.74 Å². The van der Waals surface area contributed by atoms with E-state index >= 15 is 0 Å². The van der Waals surface area contributed by atoms with Crippen LogP contribution in [0.5, 0.6) is 5.75 Å². The molecule has 0 saturated heterocycles. The number of halogens is 1. The smallest absolute Gasteiger partial charge is 0.136 e. The van der Waals surface area contributed by atoms with Crippen LogP contribution in [-0.2, 0) is 6.54 Å². The van der Waals surface area contributed by atoms with Gasteiger partial charge in [0.2, 0.25) is 0 Å². The lowest BCUT2D eigenvalue weighted by Gasteiger charge is -2.07. The predicted octanol–water partition coefficient (Wildman–Crippen LogP) is 3.46. The Morgan fingerprint density at radius 3 is 2.81 bits per heavy atom. The topological polar surface area (TPSA) is 27.1 Å². The summed E-state index contributed by atoms with van der Waals surface area (Å²) in [6, 6.07) is 6.01. The normalized spacial score (nSPS) is 11.3. The number of hydrogen-bond donors (Lipinski definition) is 0. The van der Waals surface area contributed by atoms with Crippen LogP contribution in [0, 0.1) is 5.92 Å². The molecule has 0 saturated carbocycles. The van der Waals surface area contributed by atoms with Gasteiger partial charge in [0.1, 0.15) is 10.4 Å². The van der Waals surface area contributed by atoms with Crippen molar-refractivity contribution in [3.63, 3.8) is 0 Å². The van der Waals surface area contributed by atoms with Crippen LogP contribution in [0.3, 0.4) is 0 Å². The molecule has 0 aliphatic carbocycles. The van der Waals surface area contributed by atoms with E-state index in [9.17, 15) is 0 Å². The fourth-order valence-electron chi connectivity index (χ4n) is 1.73. The molecule has 0 bridgehead atoms. The quantitative estimate of drug-likeness (QED) is 0.862. The summed E-state index contributed by atoms with van der Waals surface area (Å²) >= 11 is 3.48. The van der Waals surface area contributed by atoms with Crippen molar-refractivity contribution in [3.05, 3.63) is 22.8 Å². The third-order valence-corrected chi connectivity index (χ3v) is 3.04. The summed E-state index contributed by atoms with van der Waals surface area (Å²) in [5.41, 5.74) is 1.11. The second kappa shape index (κ2) is 4.45. The van der Waals surface area contributed by atoms with Crippen LogP contribution in [0.15, 0.2) is 22.8 Å². The first-order valence-corrected chi connectivity index (χ1v) is 6.11. The second-order valence-corrected chi connectivity index (χ2v) is 5.00. The van der Waals surface area contributed by atoms with Crippen LogP contribution >= 0.6 is 15.9 Å². The number of benzene rings is 1. The summed E-state index contributed by atoms with van der Waals surface area (Å²) in [6.07, 6.45) is 0. The minimum Gasteiger partial charge on any atom is -0.497 e. The fourth-order valence-corrected chi connectivity index (χ4v) is 2.25. The van der Waals surface area contributed by atoms with Gasteiger partial charge in [0.05, 0.1) is 12.6 Å². The van der Waals surface area contributed by atoms with Gasteiger partial charge >= 0.3 is 0 Å². The SMILES string of the molecule is COc1ccc2c(Br)nn(CC(C)C)c2c1. The molecule has 2 rings (SSSR count). The van der Waals surface area contributed by atoms with Crippen molar-refractivity contribution in [3.8, 4) is 5.75 Å². The lowest BCUT2D eigenvalue weighted by atomic mass is 10.2. The summed E-state index contributed by atoms with van der Waals surface area (Å²) < 4.78 is 8.15. The van der Waals surface area contributed by atoms with Crippen LogP contribution in [0.25, 0.3) is 10.9 Å². The molecule has 0 aliphatic heterocycles. The molecule has 0 N–H and O–H groups in total. The summed E-state index contributed by atoms with van der Waals surface area (Å²) in [5, 5.41) is 5.61. The fraction of sp³-hybridized carbons (Fsp3) is 0.417. The lowest BCUT2D eigenvalue weighted by Crippen LogP contribution is -2.05. The van der Waals surface area contributed by atoms with Crippen LogP contribution in [0.4, 0.5) is 0 Å². The maximum atomic E-state index is 5.24. The lowest BCUT2D eigenvalue weighted by molar-refractivity contribution is 0.414. The van der Waals surface area contributed by atoms with E-state index in [2.05, 4.69) is 34.9 Å². The first-order chi connectivity index (χ1) is 7.61. The molecular formula is C12H15BrN2O. The molecule has 4 heteroatoms. The van der Waals surface area contributed by atoms with E-state index in [1.807, 2.05) is 22.9 Å². The molecule has 1 heterocycles. The van der Waals surface area contributed by atoms with Crippen LogP contribution in [0.1, 0.15) is 13.8 Å². The minimum absolute atomic E-state index is 0.571. The predicted molar refractivity (Wildman–Crippen MR) is 68.8 cm³/mol. The number of aromatic nitrogens is 2. The molecule has 0 aliphatic rings. The maximum absolute atomic E-state index is 5.24. The molecule has 0 radical (unpaired) electrons. The van der Waals surface area contributed by atoms with Gasteiger partial charge in [-0.3, -0.25) is 4.68 Å². The molecule has 1 aromatic carbocycles. The minimum atomic E-state index is 0.571. The van der Waals surface area contributed by atoms with Crippen molar-refractivity contribution in [1.82, 2.24) is 9.78 Å². The van der Waals surface area contributed by atoms with Gasteiger partial charge in [-0.15, -0.1) is 0 Å². The number of fused-ring (bicyclic) bond motifs is 1. The number of methoxy groups -OCH3 is 1. The van der Waals surface area contributed by atoms with Gasteiger partial charge in [-0.1, -0.05) is 13.8 Å². The molecule has 0 spiro atoms. The second-order valence-electron chi connectivity index (χ2n) is 4.25. The Balaban J connectivity index is 2.56. The average Bonchev–Trinajstić information content (AvgIpc) is 2.54. The highest BCUT2D eigenvalue weighted by atomic mass is 79.9. The zero-order valence-corrected chi connectivity index (χ0v) is 11.3. The molecule has 16 heavy (non-hydrogen) atoms. The Bertz CT molecular complexity index is 505. The molecule has 0 atom stereocenters. The Hall–Kier alpha value is -1.03. The molecule has 0 amide bonds. The van der Waals surface area contributed by atoms with Gasteiger partial charge in [-0.2, -0.15) is 5.10 Å². The molecule has 3 nitrogen and oxygen atoms in total. The average molecular weight is 283 g/mol. The summed E-state index contributed by atoms with van der Waals surface area (Å²) in [5.74, 6) is 1.44. The Labute approximate surface area is 104 Å². The Morgan fingerprint density at radius 1 is 1.44 bits per heavy atom. The van der Waals surface area contributed by atoms with Gasteiger partial charge < -0.3 is 4.74 Å². The monoisotopic (exact) mass is 282 g/mol. The van der Waals surface area contributed by atoms with E-state index in [1.165, 1.54) is 0 Å². The zero-order chi connectivity index (χ0) is 11.7. The summed E-state index contributed by atoms with van der Waals surface area (Å²) in [6.45, 7) is 5.28. The van der Waals surface area contributed by atoms with Crippen molar-refractivity contribution >= 4 is 26.8 Å². The van der Waals surface area contributed by atoms with Crippen LogP contribution in [-0.4, -0.2) is 16.9 Å². The molecular weight excluding hydrogens is 268 g/mol. The van der Waals surface area contributed by atoms with Crippen molar-refractivity contribution in [2.45, 2.75) is 20.4 Å². The highest BCUT2D eigenvalue weighted by Crippen LogP contribution is 2.27. The molecule has 1 aromatic heterocycles. The van der Waals surface area contributed by atoms with Gasteiger partial charge in [-0.25, -0.2) is 0 Å². The highest BCUT2D eigenvalue weighted by molar-refractivity contribution is 9.10. The maximum Gasteiger partial charge on any atom is 0.136 e. The van der Waals surface area contributed by atoms with E-state index in [-0.39, 0.29) is 0 Å². The molecule has 86 valence electrons.